The summed E-state index contributed by atoms with van der Waals surface area (Å²) in [5.74, 6) is -0.220. The lowest BCUT2D eigenvalue weighted by atomic mass is 9.97. The summed E-state index contributed by atoms with van der Waals surface area (Å²) in [6.45, 7) is 0.899. The molecule has 0 spiro atoms. The van der Waals surface area contributed by atoms with Crippen molar-refractivity contribution in [3.8, 4) is 0 Å². The van der Waals surface area contributed by atoms with E-state index < -0.39 is 0 Å². The molecule has 1 N–H and O–H groups in total. The maximum absolute atomic E-state index is 12.2. The number of rotatable bonds is 6. The third-order valence-electron chi connectivity index (χ3n) is 4.36. The van der Waals surface area contributed by atoms with E-state index in [-0.39, 0.29) is 18.0 Å². The predicted molar refractivity (Wildman–Crippen MR) is 94.1 cm³/mol. The number of methoxy groups -OCH3 is 1. The van der Waals surface area contributed by atoms with Crippen molar-refractivity contribution < 1.29 is 9.53 Å². The molecule has 2 aromatic rings. The van der Waals surface area contributed by atoms with Crippen LogP contribution in [-0.4, -0.2) is 22.8 Å². The Morgan fingerprint density at radius 1 is 1.24 bits per heavy atom. The second-order valence-corrected chi connectivity index (χ2v) is 6.35. The lowest BCUT2D eigenvalue weighted by Gasteiger charge is -2.15. The average molecular weight is 341 g/mol. The molecule has 1 aliphatic carbocycles. The van der Waals surface area contributed by atoms with Crippen molar-refractivity contribution in [1.82, 2.24) is 15.1 Å². The number of fused-ring (bicyclic) bond motifs is 1. The van der Waals surface area contributed by atoms with Crippen molar-refractivity contribution in [2.75, 3.05) is 7.11 Å². The van der Waals surface area contributed by atoms with Gasteiger partial charge in [-0.2, -0.15) is 5.10 Å². The summed E-state index contributed by atoms with van der Waals surface area (Å²) in [7, 11) is 1.65. The summed E-state index contributed by atoms with van der Waals surface area (Å²) in [4.78, 5) is 24.3. The monoisotopic (exact) mass is 341 g/mol. The fourth-order valence-corrected chi connectivity index (χ4v) is 3.10. The number of hydrogen-bond donors (Lipinski definition) is 1. The van der Waals surface area contributed by atoms with Gasteiger partial charge < -0.3 is 10.1 Å². The minimum absolute atomic E-state index is 0.0517. The number of amides is 1. The Balaban J connectivity index is 1.61. The lowest BCUT2D eigenvalue weighted by molar-refractivity contribution is -0.122. The zero-order valence-corrected chi connectivity index (χ0v) is 14.5. The standard InChI is InChI=1S/C19H23N3O3/c1-25-13-15-6-4-5-14(9-15)11-20-18(23)12-22-19(24)10-16-7-2-3-8-17(16)21-22/h4-6,9-10H,2-3,7-8,11-13H2,1H3,(H,20,23). The average Bonchev–Trinajstić information content (AvgIpc) is 2.61. The molecule has 1 aromatic heterocycles. The predicted octanol–water partition coefficient (Wildman–Crippen LogP) is 1.58. The van der Waals surface area contributed by atoms with Crippen LogP contribution in [0.4, 0.5) is 0 Å². The molecular formula is C19H23N3O3. The number of carbonyl (C=O) groups is 1. The number of nitrogens with one attached hydrogen (secondary N) is 1. The quantitative estimate of drug-likeness (QED) is 0.866. The summed E-state index contributed by atoms with van der Waals surface area (Å²) in [6, 6.07) is 9.48. The van der Waals surface area contributed by atoms with Crippen LogP contribution >= 0.6 is 0 Å². The topological polar surface area (TPSA) is 73.2 Å². The summed E-state index contributed by atoms with van der Waals surface area (Å²) in [5, 5.41) is 7.22. The van der Waals surface area contributed by atoms with E-state index in [1.54, 1.807) is 13.2 Å². The highest BCUT2D eigenvalue weighted by Gasteiger charge is 2.14. The maximum Gasteiger partial charge on any atom is 0.267 e. The first kappa shape index (κ1) is 17.4. The number of benzene rings is 1. The molecule has 0 radical (unpaired) electrons. The van der Waals surface area contributed by atoms with Gasteiger partial charge in [-0.3, -0.25) is 9.59 Å². The molecule has 0 unspecified atom stereocenters. The largest absolute Gasteiger partial charge is 0.380 e. The number of hydrogen-bond acceptors (Lipinski definition) is 4. The second kappa shape index (κ2) is 8.07. The van der Waals surface area contributed by atoms with Gasteiger partial charge in [-0.25, -0.2) is 4.68 Å². The Bertz CT molecular complexity index is 814. The normalized spacial score (nSPS) is 13.3. The van der Waals surface area contributed by atoms with Crippen LogP contribution in [0.5, 0.6) is 0 Å². The fraction of sp³-hybridized carbons (Fsp3) is 0.421. The Labute approximate surface area is 146 Å². The Kier molecular flexibility index (Phi) is 5.60. The molecule has 1 aliphatic rings. The molecule has 6 nitrogen and oxygen atoms in total. The van der Waals surface area contributed by atoms with Crippen LogP contribution in [0.2, 0.25) is 0 Å². The Morgan fingerprint density at radius 2 is 2.04 bits per heavy atom. The van der Waals surface area contributed by atoms with Crippen molar-refractivity contribution in [3.63, 3.8) is 0 Å². The van der Waals surface area contributed by atoms with E-state index in [2.05, 4.69) is 10.4 Å². The second-order valence-electron chi connectivity index (χ2n) is 6.35. The molecule has 0 atom stereocenters. The lowest BCUT2D eigenvalue weighted by Crippen LogP contribution is -2.34. The minimum Gasteiger partial charge on any atom is -0.380 e. The molecule has 1 aromatic carbocycles. The van der Waals surface area contributed by atoms with Crippen LogP contribution in [0.1, 0.15) is 35.2 Å². The van der Waals surface area contributed by atoms with Crippen LogP contribution in [0.15, 0.2) is 35.1 Å². The third-order valence-corrected chi connectivity index (χ3v) is 4.36. The Hall–Kier alpha value is -2.47. The van der Waals surface area contributed by atoms with E-state index >= 15 is 0 Å². The van der Waals surface area contributed by atoms with Crippen LogP contribution in [-0.2, 0) is 42.1 Å². The van der Waals surface area contributed by atoms with Crippen LogP contribution in [0, 0.1) is 0 Å². The van der Waals surface area contributed by atoms with Crippen molar-refractivity contribution in [2.45, 2.75) is 45.4 Å². The van der Waals surface area contributed by atoms with E-state index in [0.29, 0.717) is 13.2 Å². The summed E-state index contributed by atoms with van der Waals surface area (Å²) >= 11 is 0. The third kappa shape index (κ3) is 4.54. The van der Waals surface area contributed by atoms with Crippen molar-refractivity contribution in [1.29, 1.82) is 0 Å². The summed E-state index contributed by atoms with van der Waals surface area (Å²) in [5.41, 5.74) is 3.82. The van der Waals surface area contributed by atoms with E-state index in [1.165, 1.54) is 4.68 Å². The number of aromatic nitrogens is 2. The summed E-state index contributed by atoms with van der Waals surface area (Å²) in [6.07, 6.45) is 3.97. The smallest absolute Gasteiger partial charge is 0.267 e. The van der Waals surface area contributed by atoms with Gasteiger partial charge in [-0.15, -0.1) is 0 Å². The van der Waals surface area contributed by atoms with E-state index in [9.17, 15) is 9.59 Å². The molecular weight excluding hydrogens is 318 g/mol. The molecule has 1 amide bonds. The number of ether oxygens (including phenoxy) is 1. The number of carbonyl (C=O) groups excluding carboxylic acids is 1. The number of aryl methyl sites for hydroxylation is 2. The molecule has 6 heteroatoms. The van der Waals surface area contributed by atoms with Gasteiger partial charge in [0.1, 0.15) is 6.54 Å². The van der Waals surface area contributed by atoms with Gasteiger partial charge in [0, 0.05) is 19.7 Å². The highest BCUT2D eigenvalue weighted by Crippen LogP contribution is 2.16. The molecule has 0 aliphatic heterocycles. The zero-order chi connectivity index (χ0) is 17.6. The van der Waals surface area contributed by atoms with Crippen molar-refractivity contribution in [2.24, 2.45) is 0 Å². The van der Waals surface area contributed by atoms with Crippen LogP contribution in [0.3, 0.4) is 0 Å². The van der Waals surface area contributed by atoms with Crippen molar-refractivity contribution in [3.05, 3.63) is 63.1 Å². The van der Waals surface area contributed by atoms with Gasteiger partial charge in [-0.1, -0.05) is 24.3 Å². The molecule has 1 heterocycles. The van der Waals surface area contributed by atoms with E-state index in [1.807, 2.05) is 24.3 Å². The first-order valence-electron chi connectivity index (χ1n) is 8.59. The van der Waals surface area contributed by atoms with Gasteiger partial charge in [-0.05, 0) is 42.4 Å². The summed E-state index contributed by atoms with van der Waals surface area (Å²) < 4.78 is 6.38. The van der Waals surface area contributed by atoms with Crippen LogP contribution in [0.25, 0.3) is 0 Å². The van der Waals surface area contributed by atoms with Gasteiger partial charge >= 0.3 is 0 Å². The molecule has 3 rings (SSSR count). The highest BCUT2D eigenvalue weighted by atomic mass is 16.5. The van der Waals surface area contributed by atoms with Gasteiger partial charge in [0.05, 0.1) is 12.3 Å². The molecule has 132 valence electrons. The van der Waals surface area contributed by atoms with E-state index in [4.69, 9.17) is 4.74 Å². The molecule has 0 saturated carbocycles. The van der Waals surface area contributed by atoms with E-state index in [0.717, 1.165) is 48.1 Å². The molecule has 0 bridgehead atoms. The van der Waals surface area contributed by atoms with Gasteiger partial charge in [0.2, 0.25) is 5.91 Å². The van der Waals surface area contributed by atoms with Crippen LogP contribution < -0.4 is 10.9 Å². The fourth-order valence-electron chi connectivity index (χ4n) is 3.10. The zero-order valence-electron chi connectivity index (χ0n) is 14.5. The number of nitrogens with zero attached hydrogens (tertiary/aromatic N) is 2. The Morgan fingerprint density at radius 3 is 2.88 bits per heavy atom. The maximum atomic E-state index is 12.2. The highest BCUT2D eigenvalue weighted by molar-refractivity contribution is 5.75. The van der Waals surface area contributed by atoms with Gasteiger partial charge in [0.25, 0.3) is 5.56 Å². The van der Waals surface area contributed by atoms with Gasteiger partial charge in [0.15, 0.2) is 0 Å². The molecule has 25 heavy (non-hydrogen) atoms. The van der Waals surface area contributed by atoms with Crippen molar-refractivity contribution >= 4 is 5.91 Å². The first-order valence-corrected chi connectivity index (χ1v) is 8.59. The minimum atomic E-state index is -0.220. The first-order chi connectivity index (χ1) is 12.2. The SMILES string of the molecule is COCc1cccc(CNC(=O)Cn2nc3c(cc2=O)CCCC3)c1. The molecule has 0 saturated heterocycles. The molecule has 0 fully saturated rings.